The van der Waals surface area contributed by atoms with E-state index in [1.807, 2.05) is 0 Å². The van der Waals surface area contributed by atoms with Crippen LogP contribution in [0.5, 0.6) is 0 Å². The number of amides is 1. The van der Waals surface area contributed by atoms with E-state index in [2.05, 4.69) is 5.32 Å². The van der Waals surface area contributed by atoms with Gasteiger partial charge in [0.25, 0.3) is 5.56 Å². The van der Waals surface area contributed by atoms with Crippen LogP contribution in [0.25, 0.3) is 0 Å². The lowest BCUT2D eigenvalue weighted by atomic mass is 10.1. The van der Waals surface area contributed by atoms with Crippen molar-refractivity contribution in [3.05, 3.63) is 33.1 Å². The largest absolute Gasteiger partial charge is 0.460 e. The van der Waals surface area contributed by atoms with Gasteiger partial charge in [0.15, 0.2) is 6.23 Å². The number of nitrogens with one attached hydrogen (secondary N) is 1. The molecule has 2 heterocycles. The van der Waals surface area contributed by atoms with E-state index in [0.29, 0.717) is 0 Å². The quantitative estimate of drug-likeness (QED) is 0.347. The van der Waals surface area contributed by atoms with Crippen molar-refractivity contribution in [1.29, 1.82) is 0 Å². The smallest absolute Gasteiger partial charge is 0.407 e. The molecule has 1 aliphatic heterocycles. The molecule has 13 heteroatoms. The van der Waals surface area contributed by atoms with Crippen molar-refractivity contribution in [1.82, 2.24) is 14.5 Å². The fourth-order valence-electron chi connectivity index (χ4n) is 3.44. The SMILES string of the molecule is CC(C)(C)OC(=O)CC(Cn1c(=O)ccn([C@@H]2O[C@H](CO)[C@@H](O)[C@@H]2O)c1=O)NC(=O)OC(C)(C)C. The van der Waals surface area contributed by atoms with Crippen LogP contribution in [-0.2, 0) is 25.5 Å². The molecule has 1 fully saturated rings. The van der Waals surface area contributed by atoms with Gasteiger partial charge in [-0.1, -0.05) is 0 Å². The number of aliphatic hydroxyl groups is 3. The predicted octanol–water partition coefficient (Wildman–Crippen LogP) is -0.753. The van der Waals surface area contributed by atoms with Gasteiger partial charge >= 0.3 is 17.8 Å². The molecule has 0 spiro atoms. The van der Waals surface area contributed by atoms with Gasteiger partial charge in [-0.3, -0.25) is 18.7 Å². The van der Waals surface area contributed by atoms with Gasteiger partial charge in [0.1, 0.15) is 29.5 Å². The van der Waals surface area contributed by atoms with Crippen molar-refractivity contribution in [2.45, 2.75) is 96.3 Å². The van der Waals surface area contributed by atoms with Gasteiger partial charge in [-0.2, -0.15) is 0 Å². The second-order valence-electron chi connectivity index (χ2n) is 10.3. The van der Waals surface area contributed by atoms with Crippen molar-refractivity contribution >= 4 is 12.1 Å². The van der Waals surface area contributed by atoms with Crippen LogP contribution in [0, 0.1) is 0 Å². The maximum atomic E-state index is 13.1. The second-order valence-corrected chi connectivity index (χ2v) is 10.3. The van der Waals surface area contributed by atoms with E-state index in [0.717, 1.165) is 21.4 Å². The van der Waals surface area contributed by atoms with Crippen LogP contribution in [0.3, 0.4) is 0 Å². The molecule has 1 aromatic rings. The van der Waals surface area contributed by atoms with E-state index >= 15 is 0 Å². The van der Waals surface area contributed by atoms with Crippen LogP contribution in [-0.4, -0.2) is 78.7 Å². The Morgan fingerprint density at radius 1 is 1.09 bits per heavy atom. The highest BCUT2D eigenvalue weighted by Gasteiger charge is 2.44. The third-order valence-electron chi connectivity index (χ3n) is 4.84. The van der Waals surface area contributed by atoms with Crippen LogP contribution >= 0.6 is 0 Å². The highest BCUT2D eigenvalue weighted by atomic mass is 16.6. The number of hydrogen-bond acceptors (Lipinski definition) is 10. The van der Waals surface area contributed by atoms with Crippen LogP contribution in [0.4, 0.5) is 4.79 Å². The van der Waals surface area contributed by atoms with Crippen molar-refractivity contribution in [2.24, 2.45) is 0 Å². The Balaban J connectivity index is 2.36. The van der Waals surface area contributed by atoms with Gasteiger partial charge < -0.3 is 34.8 Å². The molecule has 0 bridgehead atoms. The van der Waals surface area contributed by atoms with Gasteiger partial charge in [0.05, 0.1) is 25.6 Å². The van der Waals surface area contributed by atoms with E-state index in [1.54, 1.807) is 41.5 Å². The number of aromatic nitrogens is 2. The molecule has 0 aromatic carbocycles. The molecule has 0 radical (unpaired) electrons. The third-order valence-corrected chi connectivity index (χ3v) is 4.84. The average Bonchev–Trinajstić information content (AvgIpc) is 2.96. The molecule has 1 saturated heterocycles. The second kappa shape index (κ2) is 10.9. The standard InChI is InChI=1S/C22H35N3O10/c1-21(2,3)34-15(28)9-12(23-19(31)35-22(4,5)6)10-25-14(27)7-8-24(20(25)32)18-17(30)16(29)13(11-26)33-18/h7-8,12-13,16-18,26,29-30H,9-11H2,1-6H3,(H,23,31)/t12?,13-,16-,17+,18-/m1/s1. The lowest BCUT2D eigenvalue weighted by molar-refractivity contribution is -0.155. The normalized spacial score (nSPS) is 23.6. The Morgan fingerprint density at radius 2 is 1.69 bits per heavy atom. The van der Waals surface area contributed by atoms with Gasteiger partial charge in [0.2, 0.25) is 0 Å². The van der Waals surface area contributed by atoms with Crippen molar-refractivity contribution in [3.63, 3.8) is 0 Å². The van der Waals surface area contributed by atoms with E-state index in [1.165, 1.54) is 0 Å². The Bertz CT molecular complexity index is 990. The lowest BCUT2D eigenvalue weighted by Gasteiger charge is -2.25. The monoisotopic (exact) mass is 501 g/mol. The van der Waals surface area contributed by atoms with Crippen molar-refractivity contribution in [3.8, 4) is 0 Å². The fourth-order valence-corrected chi connectivity index (χ4v) is 3.44. The summed E-state index contributed by atoms with van der Waals surface area (Å²) in [5.41, 5.74) is -3.30. The molecule has 198 valence electrons. The molecular formula is C22H35N3O10. The highest BCUT2D eigenvalue weighted by molar-refractivity contribution is 5.73. The first-order valence-electron chi connectivity index (χ1n) is 11.2. The summed E-state index contributed by atoms with van der Waals surface area (Å²) in [5, 5.41) is 32.1. The molecular weight excluding hydrogens is 466 g/mol. The van der Waals surface area contributed by atoms with Crippen LogP contribution in [0.15, 0.2) is 21.9 Å². The number of nitrogens with zero attached hydrogens (tertiary/aromatic N) is 2. The zero-order valence-electron chi connectivity index (χ0n) is 20.8. The first-order valence-corrected chi connectivity index (χ1v) is 11.2. The maximum absolute atomic E-state index is 13.1. The minimum Gasteiger partial charge on any atom is -0.460 e. The van der Waals surface area contributed by atoms with Gasteiger partial charge in [-0.15, -0.1) is 0 Å². The number of alkyl carbamates (subject to hydrolysis) is 1. The number of hydrogen-bond donors (Lipinski definition) is 4. The van der Waals surface area contributed by atoms with E-state index in [-0.39, 0.29) is 6.42 Å². The molecule has 0 aliphatic carbocycles. The Hall–Kier alpha value is -2.74. The third kappa shape index (κ3) is 7.88. The molecule has 1 amide bonds. The number of aliphatic hydroxyl groups excluding tert-OH is 3. The maximum Gasteiger partial charge on any atom is 0.407 e. The number of carbonyl (C=O) groups excluding carboxylic acids is 2. The van der Waals surface area contributed by atoms with Crippen molar-refractivity contribution in [2.75, 3.05) is 6.61 Å². The average molecular weight is 502 g/mol. The van der Waals surface area contributed by atoms with Crippen LogP contribution in [0.1, 0.15) is 54.2 Å². The summed E-state index contributed by atoms with van der Waals surface area (Å²) in [6.45, 7) is 8.94. The predicted molar refractivity (Wildman–Crippen MR) is 122 cm³/mol. The number of ether oxygens (including phenoxy) is 3. The van der Waals surface area contributed by atoms with E-state index < -0.39 is 78.2 Å². The van der Waals surface area contributed by atoms with Gasteiger partial charge in [-0.05, 0) is 41.5 Å². The lowest BCUT2D eigenvalue weighted by Crippen LogP contribution is -2.49. The summed E-state index contributed by atoms with van der Waals surface area (Å²) in [6.07, 6.45) is -5.64. The molecule has 1 aromatic heterocycles. The van der Waals surface area contributed by atoms with Crippen molar-refractivity contribution < 1.29 is 39.1 Å². The summed E-state index contributed by atoms with van der Waals surface area (Å²) < 4.78 is 17.5. The first-order chi connectivity index (χ1) is 16.0. The summed E-state index contributed by atoms with van der Waals surface area (Å²) >= 11 is 0. The molecule has 0 saturated carbocycles. The first kappa shape index (κ1) is 28.5. The summed E-state index contributed by atoms with van der Waals surface area (Å²) in [4.78, 5) is 50.4. The molecule has 1 unspecified atom stereocenters. The van der Waals surface area contributed by atoms with Gasteiger partial charge in [-0.25, -0.2) is 9.59 Å². The molecule has 13 nitrogen and oxygen atoms in total. The molecule has 35 heavy (non-hydrogen) atoms. The Morgan fingerprint density at radius 3 is 2.20 bits per heavy atom. The highest BCUT2D eigenvalue weighted by Crippen LogP contribution is 2.27. The fraction of sp³-hybridized carbons (Fsp3) is 0.727. The molecule has 1 aliphatic rings. The summed E-state index contributed by atoms with van der Waals surface area (Å²) in [5.74, 6) is -0.675. The number of carbonyl (C=O) groups is 2. The zero-order chi connectivity index (χ0) is 26.7. The number of esters is 1. The zero-order valence-corrected chi connectivity index (χ0v) is 20.8. The number of rotatable bonds is 7. The molecule has 4 N–H and O–H groups in total. The van der Waals surface area contributed by atoms with E-state index in [4.69, 9.17) is 14.2 Å². The van der Waals surface area contributed by atoms with Crippen LogP contribution in [0.2, 0.25) is 0 Å². The Kier molecular flexibility index (Phi) is 8.87. The van der Waals surface area contributed by atoms with Crippen LogP contribution < -0.4 is 16.6 Å². The Labute approximate surface area is 202 Å². The van der Waals surface area contributed by atoms with E-state index in [9.17, 15) is 34.5 Å². The minimum atomic E-state index is -1.55. The minimum absolute atomic E-state index is 0.370. The summed E-state index contributed by atoms with van der Waals surface area (Å²) in [6, 6.07) is -0.0279. The summed E-state index contributed by atoms with van der Waals surface area (Å²) in [7, 11) is 0. The topological polar surface area (TPSA) is 179 Å². The van der Waals surface area contributed by atoms with Gasteiger partial charge in [0, 0.05) is 12.3 Å². The molecule has 5 atom stereocenters. The molecule has 2 rings (SSSR count).